The van der Waals surface area contributed by atoms with Crippen LogP contribution in [0.2, 0.25) is 5.02 Å². The Labute approximate surface area is 107 Å². The number of amides is 1. The first-order chi connectivity index (χ1) is 8.04. The fourth-order valence-corrected chi connectivity index (χ4v) is 1.82. The maximum Gasteiger partial charge on any atom is 0.237 e. The number of benzene rings is 1. The molecule has 0 aromatic heterocycles. The van der Waals surface area contributed by atoms with Crippen molar-refractivity contribution in [3.63, 3.8) is 0 Å². The van der Waals surface area contributed by atoms with E-state index in [1.54, 1.807) is 0 Å². The van der Waals surface area contributed by atoms with Crippen LogP contribution in [0.3, 0.4) is 0 Å². The summed E-state index contributed by atoms with van der Waals surface area (Å²) in [5.41, 5.74) is 6.73. The zero-order chi connectivity index (χ0) is 12.8. The summed E-state index contributed by atoms with van der Waals surface area (Å²) in [6.07, 6.45) is 1.61. The second-order valence-corrected chi connectivity index (χ2v) is 4.62. The van der Waals surface area contributed by atoms with Crippen molar-refractivity contribution < 1.29 is 4.79 Å². The summed E-state index contributed by atoms with van der Waals surface area (Å²) in [7, 11) is 0. The van der Waals surface area contributed by atoms with Crippen LogP contribution in [0.25, 0.3) is 0 Å². The van der Waals surface area contributed by atoms with Crippen LogP contribution in [-0.2, 0) is 4.79 Å². The second-order valence-electron chi connectivity index (χ2n) is 4.18. The number of nitrogens with one attached hydrogen (secondary N) is 1. The summed E-state index contributed by atoms with van der Waals surface area (Å²) in [4.78, 5) is 11.7. The Balaban J connectivity index is 2.60. The minimum atomic E-state index is -0.429. The molecule has 0 saturated heterocycles. The number of rotatable bonds is 5. The van der Waals surface area contributed by atoms with E-state index in [-0.39, 0.29) is 11.9 Å². The van der Waals surface area contributed by atoms with Crippen LogP contribution in [0.1, 0.15) is 38.3 Å². The summed E-state index contributed by atoms with van der Waals surface area (Å²) in [6, 6.07) is 6.94. The van der Waals surface area contributed by atoms with Crippen molar-refractivity contribution in [2.24, 2.45) is 5.73 Å². The largest absolute Gasteiger partial charge is 0.348 e. The number of hydrogen-bond donors (Lipinski definition) is 2. The summed E-state index contributed by atoms with van der Waals surface area (Å²) in [5.74, 6) is -0.112. The molecule has 0 saturated carbocycles. The van der Waals surface area contributed by atoms with Gasteiger partial charge in [-0.15, -0.1) is 0 Å². The first kappa shape index (κ1) is 14.0. The Morgan fingerprint density at radius 2 is 2.24 bits per heavy atom. The third kappa shape index (κ3) is 4.36. The van der Waals surface area contributed by atoms with Gasteiger partial charge in [-0.3, -0.25) is 4.79 Å². The highest BCUT2D eigenvalue weighted by Gasteiger charge is 2.15. The molecule has 1 amide bonds. The Hall–Kier alpha value is -1.06. The van der Waals surface area contributed by atoms with E-state index in [9.17, 15) is 4.79 Å². The van der Waals surface area contributed by atoms with Crippen molar-refractivity contribution in [1.82, 2.24) is 5.32 Å². The maximum absolute atomic E-state index is 11.7. The van der Waals surface area contributed by atoms with Crippen molar-refractivity contribution >= 4 is 17.5 Å². The lowest BCUT2D eigenvalue weighted by Gasteiger charge is -2.17. The lowest BCUT2D eigenvalue weighted by atomic mass is 10.1. The average molecular weight is 255 g/mol. The van der Waals surface area contributed by atoms with Gasteiger partial charge in [0.05, 0.1) is 12.1 Å². The number of carbonyl (C=O) groups is 1. The lowest BCUT2D eigenvalue weighted by Crippen LogP contribution is -2.41. The molecule has 1 rings (SSSR count). The summed E-state index contributed by atoms with van der Waals surface area (Å²) < 4.78 is 0. The Kier molecular flexibility index (Phi) is 5.45. The van der Waals surface area contributed by atoms with E-state index >= 15 is 0 Å². The van der Waals surface area contributed by atoms with Gasteiger partial charge in [0.2, 0.25) is 5.91 Å². The molecule has 0 heterocycles. The molecule has 2 unspecified atom stereocenters. The SMILES string of the molecule is CCCC(N)C(=O)NC(C)c1cccc(Cl)c1. The molecule has 0 aliphatic rings. The van der Waals surface area contributed by atoms with E-state index in [2.05, 4.69) is 5.32 Å². The third-order valence-corrected chi connectivity index (χ3v) is 2.88. The van der Waals surface area contributed by atoms with Crippen molar-refractivity contribution in [1.29, 1.82) is 0 Å². The van der Waals surface area contributed by atoms with Crippen LogP contribution < -0.4 is 11.1 Å². The van der Waals surface area contributed by atoms with Crippen LogP contribution >= 0.6 is 11.6 Å². The average Bonchev–Trinajstić information content (AvgIpc) is 2.29. The summed E-state index contributed by atoms with van der Waals surface area (Å²) in [6.45, 7) is 3.93. The van der Waals surface area contributed by atoms with Gasteiger partial charge in [-0.2, -0.15) is 0 Å². The molecule has 3 N–H and O–H groups in total. The first-order valence-electron chi connectivity index (χ1n) is 5.86. The molecule has 17 heavy (non-hydrogen) atoms. The lowest BCUT2D eigenvalue weighted by molar-refractivity contribution is -0.123. The molecule has 0 radical (unpaired) electrons. The topological polar surface area (TPSA) is 55.1 Å². The van der Waals surface area contributed by atoms with E-state index in [4.69, 9.17) is 17.3 Å². The van der Waals surface area contributed by atoms with Gasteiger partial charge in [-0.25, -0.2) is 0 Å². The second kappa shape index (κ2) is 6.62. The normalized spacial score (nSPS) is 14.1. The van der Waals surface area contributed by atoms with Gasteiger partial charge < -0.3 is 11.1 Å². The molecule has 1 aromatic rings. The molecule has 94 valence electrons. The van der Waals surface area contributed by atoms with E-state index in [0.29, 0.717) is 11.4 Å². The molecular weight excluding hydrogens is 236 g/mol. The van der Waals surface area contributed by atoms with Crippen LogP contribution in [0.4, 0.5) is 0 Å². The van der Waals surface area contributed by atoms with Gasteiger partial charge in [0.25, 0.3) is 0 Å². The molecule has 2 atom stereocenters. The highest BCUT2D eigenvalue weighted by molar-refractivity contribution is 6.30. The molecule has 0 fully saturated rings. The molecule has 3 nitrogen and oxygen atoms in total. The summed E-state index contributed by atoms with van der Waals surface area (Å²) in [5, 5.41) is 3.55. The molecule has 0 spiro atoms. The van der Waals surface area contributed by atoms with Gasteiger partial charge in [-0.1, -0.05) is 37.1 Å². The predicted octanol–water partition coefficient (Wildman–Crippen LogP) is 2.64. The van der Waals surface area contributed by atoms with Gasteiger partial charge in [0.15, 0.2) is 0 Å². The van der Waals surface area contributed by atoms with E-state index in [0.717, 1.165) is 12.0 Å². The van der Waals surface area contributed by atoms with Crippen molar-refractivity contribution in [2.45, 2.75) is 38.8 Å². The monoisotopic (exact) mass is 254 g/mol. The quantitative estimate of drug-likeness (QED) is 0.849. The van der Waals surface area contributed by atoms with E-state index in [1.165, 1.54) is 0 Å². The van der Waals surface area contributed by atoms with Crippen molar-refractivity contribution in [2.75, 3.05) is 0 Å². The highest BCUT2D eigenvalue weighted by atomic mass is 35.5. The summed E-state index contributed by atoms with van der Waals surface area (Å²) >= 11 is 5.90. The van der Waals surface area contributed by atoms with Crippen molar-refractivity contribution in [3.8, 4) is 0 Å². The molecule has 1 aromatic carbocycles. The van der Waals surface area contributed by atoms with Gasteiger partial charge in [0.1, 0.15) is 0 Å². The smallest absolute Gasteiger partial charge is 0.237 e. The fraction of sp³-hybridized carbons (Fsp3) is 0.462. The molecule has 0 aliphatic carbocycles. The van der Waals surface area contributed by atoms with E-state index < -0.39 is 6.04 Å². The maximum atomic E-state index is 11.7. The first-order valence-corrected chi connectivity index (χ1v) is 6.23. The standard InChI is InChI=1S/C13H19ClN2O/c1-3-5-12(15)13(17)16-9(2)10-6-4-7-11(14)8-10/h4,6-9,12H,3,5,15H2,1-2H3,(H,16,17). The predicted molar refractivity (Wildman–Crippen MR) is 70.9 cm³/mol. The van der Waals surface area contributed by atoms with Gasteiger partial charge in [-0.05, 0) is 31.0 Å². The molecule has 0 aliphatic heterocycles. The Bertz CT molecular complexity index is 381. The number of halogens is 1. The number of carbonyl (C=O) groups excluding carboxylic acids is 1. The zero-order valence-corrected chi connectivity index (χ0v) is 11.0. The van der Waals surface area contributed by atoms with Gasteiger partial charge in [0, 0.05) is 5.02 Å². The molecule has 0 bridgehead atoms. The Morgan fingerprint density at radius 1 is 1.53 bits per heavy atom. The minimum absolute atomic E-state index is 0.0795. The van der Waals surface area contributed by atoms with Crippen LogP contribution in [0.15, 0.2) is 24.3 Å². The van der Waals surface area contributed by atoms with Crippen molar-refractivity contribution in [3.05, 3.63) is 34.9 Å². The van der Waals surface area contributed by atoms with Crippen LogP contribution in [-0.4, -0.2) is 11.9 Å². The zero-order valence-electron chi connectivity index (χ0n) is 10.2. The Morgan fingerprint density at radius 3 is 2.82 bits per heavy atom. The molecule has 4 heteroatoms. The van der Waals surface area contributed by atoms with E-state index in [1.807, 2.05) is 38.1 Å². The van der Waals surface area contributed by atoms with Gasteiger partial charge >= 0.3 is 0 Å². The highest BCUT2D eigenvalue weighted by Crippen LogP contribution is 2.17. The minimum Gasteiger partial charge on any atom is -0.348 e. The molecular formula is C13H19ClN2O. The third-order valence-electron chi connectivity index (χ3n) is 2.64. The van der Waals surface area contributed by atoms with Crippen LogP contribution in [0.5, 0.6) is 0 Å². The van der Waals surface area contributed by atoms with Crippen LogP contribution in [0, 0.1) is 0 Å². The number of hydrogen-bond acceptors (Lipinski definition) is 2. The number of nitrogens with two attached hydrogens (primary N) is 1. The fourth-order valence-electron chi connectivity index (χ4n) is 1.62.